The van der Waals surface area contributed by atoms with Gasteiger partial charge < -0.3 is 19.7 Å². The second kappa shape index (κ2) is 8.67. The zero-order valence-corrected chi connectivity index (χ0v) is 17.9. The summed E-state index contributed by atoms with van der Waals surface area (Å²) in [5.41, 5.74) is 3.63. The third-order valence-corrected chi connectivity index (χ3v) is 5.35. The summed E-state index contributed by atoms with van der Waals surface area (Å²) in [5, 5.41) is 3.43. The first-order valence-corrected chi connectivity index (χ1v) is 10.1. The number of hydrogen-bond donors (Lipinski definition) is 1. The number of aromatic nitrogens is 2. The van der Waals surface area contributed by atoms with Crippen LogP contribution in [0.4, 0.5) is 11.8 Å². The van der Waals surface area contributed by atoms with E-state index in [4.69, 9.17) is 19.4 Å². The molecule has 1 aromatic heterocycles. The molecule has 0 unspecified atom stereocenters. The van der Waals surface area contributed by atoms with Gasteiger partial charge in [-0.2, -0.15) is 4.98 Å². The summed E-state index contributed by atoms with van der Waals surface area (Å²) in [5.74, 6) is 3.60. The molecule has 1 aliphatic rings. The van der Waals surface area contributed by atoms with Crippen molar-refractivity contribution in [1.29, 1.82) is 0 Å². The van der Waals surface area contributed by atoms with Crippen LogP contribution >= 0.6 is 0 Å². The Morgan fingerprint density at radius 2 is 1.71 bits per heavy atom. The first-order chi connectivity index (χ1) is 13.4. The fourth-order valence-corrected chi connectivity index (χ4v) is 3.38. The minimum atomic E-state index is 0.342. The van der Waals surface area contributed by atoms with Crippen molar-refractivity contribution >= 4 is 11.8 Å². The first-order valence-electron chi connectivity index (χ1n) is 10.1. The smallest absolute Gasteiger partial charge is 0.225 e. The molecular weight excluding hydrogens is 352 g/mol. The predicted octanol–water partition coefficient (Wildman–Crippen LogP) is 4.39. The number of nitrogens with one attached hydrogen (secondary N) is 1. The van der Waals surface area contributed by atoms with Crippen LogP contribution in [0.25, 0.3) is 0 Å². The van der Waals surface area contributed by atoms with E-state index in [1.54, 1.807) is 14.2 Å². The van der Waals surface area contributed by atoms with Crippen molar-refractivity contribution in [1.82, 2.24) is 9.97 Å². The van der Waals surface area contributed by atoms with Crippen molar-refractivity contribution in [3.05, 3.63) is 35.0 Å². The number of fused-ring (bicyclic) bond motifs is 1. The molecule has 0 spiro atoms. The van der Waals surface area contributed by atoms with Gasteiger partial charge in [0.15, 0.2) is 11.5 Å². The molecule has 1 aliphatic heterocycles. The van der Waals surface area contributed by atoms with Gasteiger partial charge in [-0.25, -0.2) is 4.98 Å². The zero-order chi connectivity index (χ0) is 20.3. The molecule has 6 nitrogen and oxygen atoms in total. The summed E-state index contributed by atoms with van der Waals surface area (Å²) < 4.78 is 10.9. The zero-order valence-electron chi connectivity index (χ0n) is 17.9. The summed E-state index contributed by atoms with van der Waals surface area (Å²) in [6, 6.07) is 6.65. The number of hydrogen-bond acceptors (Lipinski definition) is 6. The fourth-order valence-electron chi connectivity index (χ4n) is 3.38. The van der Waals surface area contributed by atoms with E-state index < -0.39 is 0 Å². The van der Waals surface area contributed by atoms with E-state index in [0.29, 0.717) is 17.9 Å². The lowest BCUT2D eigenvalue weighted by Crippen LogP contribution is -2.31. The average molecular weight is 385 g/mol. The van der Waals surface area contributed by atoms with E-state index in [9.17, 15) is 0 Å². The number of rotatable bonds is 7. The van der Waals surface area contributed by atoms with Gasteiger partial charge in [0.2, 0.25) is 5.95 Å². The second-order valence-electron chi connectivity index (χ2n) is 7.73. The molecule has 6 heteroatoms. The molecule has 152 valence electrons. The van der Waals surface area contributed by atoms with Gasteiger partial charge in [0.05, 0.1) is 19.9 Å². The molecule has 1 N–H and O–H groups in total. The van der Waals surface area contributed by atoms with Crippen molar-refractivity contribution in [2.45, 2.75) is 59.0 Å². The third kappa shape index (κ3) is 4.32. The molecule has 2 aromatic rings. The van der Waals surface area contributed by atoms with Gasteiger partial charge in [-0.05, 0) is 48.9 Å². The standard InChI is InChI=1S/C22H32N4O2/c1-7-15(4)23-22-24-18(14(2)3)12-21(25-22)26-9-8-16-10-19(27-5)20(28-6)11-17(16)13-26/h10-12,14-15H,7-9,13H2,1-6H3,(H,23,24,25)/t15-/m0/s1. The van der Waals surface area contributed by atoms with Crippen LogP contribution in [0.1, 0.15) is 56.9 Å². The molecule has 0 radical (unpaired) electrons. The lowest BCUT2D eigenvalue weighted by Gasteiger charge is -2.31. The molecule has 0 saturated carbocycles. The van der Waals surface area contributed by atoms with Crippen LogP contribution in [-0.2, 0) is 13.0 Å². The summed E-state index contributed by atoms with van der Waals surface area (Å²) in [6.07, 6.45) is 1.98. The first kappa shape index (κ1) is 20.2. The normalized spacial score (nSPS) is 14.6. The number of nitrogens with zero attached hydrogens (tertiary/aromatic N) is 3. The van der Waals surface area contributed by atoms with Gasteiger partial charge in [-0.3, -0.25) is 0 Å². The van der Waals surface area contributed by atoms with Crippen LogP contribution < -0.4 is 19.7 Å². The Morgan fingerprint density at radius 3 is 2.32 bits per heavy atom. The van der Waals surface area contributed by atoms with Crippen LogP contribution in [0, 0.1) is 0 Å². The molecule has 2 heterocycles. The Hall–Kier alpha value is -2.50. The Balaban J connectivity index is 1.91. The molecule has 0 aliphatic carbocycles. The van der Waals surface area contributed by atoms with E-state index in [1.807, 2.05) is 0 Å². The highest BCUT2D eigenvalue weighted by molar-refractivity contribution is 5.53. The van der Waals surface area contributed by atoms with Crippen molar-refractivity contribution in [3.63, 3.8) is 0 Å². The second-order valence-corrected chi connectivity index (χ2v) is 7.73. The number of benzene rings is 1. The molecular formula is C22H32N4O2. The Kier molecular flexibility index (Phi) is 6.27. The molecule has 0 saturated heterocycles. The Labute approximate surface area is 168 Å². The van der Waals surface area contributed by atoms with Crippen molar-refractivity contribution < 1.29 is 9.47 Å². The molecule has 3 rings (SSSR count). The Morgan fingerprint density at radius 1 is 1.04 bits per heavy atom. The summed E-state index contributed by atoms with van der Waals surface area (Å²) in [7, 11) is 3.36. The predicted molar refractivity (Wildman–Crippen MR) is 114 cm³/mol. The number of methoxy groups -OCH3 is 2. The van der Waals surface area contributed by atoms with Crippen molar-refractivity contribution in [2.24, 2.45) is 0 Å². The van der Waals surface area contributed by atoms with Gasteiger partial charge in [-0.1, -0.05) is 20.8 Å². The van der Waals surface area contributed by atoms with Crippen molar-refractivity contribution in [3.8, 4) is 11.5 Å². The minimum absolute atomic E-state index is 0.342. The SMILES string of the molecule is CC[C@H](C)Nc1nc(C(C)C)cc(N2CCc3cc(OC)c(OC)cc3C2)n1. The number of ether oxygens (including phenoxy) is 2. The van der Waals surface area contributed by atoms with Crippen LogP contribution in [-0.4, -0.2) is 36.8 Å². The van der Waals surface area contributed by atoms with Crippen LogP contribution in [0.3, 0.4) is 0 Å². The quantitative estimate of drug-likeness (QED) is 0.764. The minimum Gasteiger partial charge on any atom is -0.493 e. The lowest BCUT2D eigenvalue weighted by molar-refractivity contribution is 0.353. The maximum absolute atomic E-state index is 5.49. The van der Waals surface area contributed by atoms with E-state index in [-0.39, 0.29) is 0 Å². The van der Waals surface area contributed by atoms with Gasteiger partial charge in [0.1, 0.15) is 5.82 Å². The Bertz CT molecular complexity index is 822. The number of anilines is 2. The van der Waals surface area contributed by atoms with Crippen LogP contribution in [0.2, 0.25) is 0 Å². The average Bonchev–Trinajstić information content (AvgIpc) is 2.71. The van der Waals surface area contributed by atoms with Gasteiger partial charge in [0, 0.05) is 25.2 Å². The highest BCUT2D eigenvalue weighted by Gasteiger charge is 2.22. The molecule has 0 fully saturated rings. The summed E-state index contributed by atoms with van der Waals surface area (Å²) in [6.45, 7) is 10.4. The largest absolute Gasteiger partial charge is 0.493 e. The van der Waals surface area contributed by atoms with Crippen molar-refractivity contribution in [2.75, 3.05) is 31.0 Å². The summed E-state index contributed by atoms with van der Waals surface area (Å²) in [4.78, 5) is 11.9. The van der Waals surface area contributed by atoms with Crippen LogP contribution in [0.5, 0.6) is 11.5 Å². The van der Waals surface area contributed by atoms with E-state index in [0.717, 1.165) is 48.9 Å². The van der Waals surface area contributed by atoms with Crippen LogP contribution in [0.15, 0.2) is 18.2 Å². The van der Waals surface area contributed by atoms with Gasteiger partial charge >= 0.3 is 0 Å². The molecule has 1 atom stereocenters. The van der Waals surface area contributed by atoms with E-state index in [2.05, 4.69) is 56.1 Å². The van der Waals surface area contributed by atoms with E-state index >= 15 is 0 Å². The maximum Gasteiger partial charge on any atom is 0.225 e. The van der Waals surface area contributed by atoms with E-state index in [1.165, 1.54) is 11.1 Å². The summed E-state index contributed by atoms with van der Waals surface area (Å²) >= 11 is 0. The molecule has 0 amide bonds. The fraction of sp³-hybridized carbons (Fsp3) is 0.545. The highest BCUT2D eigenvalue weighted by Crippen LogP contribution is 2.34. The highest BCUT2D eigenvalue weighted by atomic mass is 16.5. The molecule has 0 bridgehead atoms. The lowest BCUT2D eigenvalue weighted by atomic mass is 9.98. The van der Waals surface area contributed by atoms with Gasteiger partial charge in [-0.15, -0.1) is 0 Å². The maximum atomic E-state index is 5.49. The third-order valence-electron chi connectivity index (χ3n) is 5.35. The molecule has 1 aromatic carbocycles. The topological polar surface area (TPSA) is 59.5 Å². The monoisotopic (exact) mass is 384 g/mol. The molecule has 28 heavy (non-hydrogen) atoms. The van der Waals surface area contributed by atoms with Gasteiger partial charge in [0.25, 0.3) is 0 Å².